The van der Waals surface area contributed by atoms with Gasteiger partial charge in [-0.2, -0.15) is 0 Å². The third-order valence-electron chi connectivity index (χ3n) is 3.09. The fraction of sp³-hybridized carbons (Fsp3) is 0.750. The first-order valence-electron chi connectivity index (χ1n) is 5.72. The van der Waals surface area contributed by atoms with Crippen LogP contribution < -0.4 is 0 Å². The number of hydrogen-bond donors (Lipinski definition) is 0. The second kappa shape index (κ2) is 4.43. The van der Waals surface area contributed by atoms with E-state index in [0.29, 0.717) is 5.92 Å². The first-order chi connectivity index (χ1) is 6.77. The van der Waals surface area contributed by atoms with E-state index in [-0.39, 0.29) is 0 Å². The van der Waals surface area contributed by atoms with E-state index in [9.17, 15) is 0 Å². The molecule has 0 unspecified atom stereocenters. The van der Waals surface area contributed by atoms with Crippen molar-refractivity contribution >= 4 is 11.3 Å². The maximum atomic E-state index is 4.75. The highest BCUT2D eigenvalue weighted by atomic mass is 32.1. The van der Waals surface area contributed by atoms with E-state index in [1.807, 2.05) is 11.3 Å². The van der Waals surface area contributed by atoms with Gasteiger partial charge < -0.3 is 0 Å². The van der Waals surface area contributed by atoms with Gasteiger partial charge in [-0.25, -0.2) is 4.98 Å². The molecule has 14 heavy (non-hydrogen) atoms. The monoisotopic (exact) mass is 209 g/mol. The highest BCUT2D eigenvalue weighted by Gasteiger charge is 2.18. The van der Waals surface area contributed by atoms with Crippen LogP contribution in [0.4, 0.5) is 0 Å². The van der Waals surface area contributed by atoms with Gasteiger partial charge in [0, 0.05) is 11.3 Å². The molecule has 1 fully saturated rings. The molecular weight excluding hydrogens is 190 g/mol. The number of thiazole rings is 1. The molecule has 0 saturated heterocycles. The minimum atomic E-state index is 0.587. The van der Waals surface area contributed by atoms with Gasteiger partial charge in [0.05, 0.1) is 10.7 Å². The Bertz CT molecular complexity index is 284. The van der Waals surface area contributed by atoms with Crippen molar-refractivity contribution < 1.29 is 0 Å². The van der Waals surface area contributed by atoms with Crippen molar-refractivity contribution in [2.45, 2.75) is 57.8 Å². The summed E-state index contributed by atoms with van der Waals surface area (Å²) in [5, 5.41) is 3.64. The van der Waals surface area contributed by atoms with Gasteiger partial charge in [-0.15, -0.1) is 11.3 Å². The van der Waals surface area contributed by atoms with Crippen LogP contribution in [0.1, 0.15) is 68.5 Å². The summed E-state index contributed by atoms with van der Waals surface area (Å²) in [6, 6.07) is 0. The summed E-state index contributed by atoms with van der Waals surface area (Å²) >= 11 is 1.87. The summed E-state index contributed by atoms with van der Waals surface area (Å²) in [4.78, 5) is 4.75. The predicted octanol–water partition coefficient (Wildman–Crippen LogP) is 4.31. The molecule has 1 aliphatic rings. The standard InChI is InChI=1S/C12H19NS/c1-9(2)11-8-14-12(13-11)10-6-4-3-5-7-10/h8-10H,3-7H2,1-2H3. The van der Waals surface area contributed by atoms with Gasteiger partial charge in [-0.05, 0) is 18.8 Å². The molecule has 0 spiro atoms. The van der Waals surface area contributed by atoms with Crippen molar-refractivity contribution in [2.75, 3.05) is 0 Å². The van der Waals surface area contributed by atoms with Crippen LogP contribution in [-0.4, -0.2) is 4.98 Å². The third-order valence-corrected chi connectivity index (χ3v) is 4.11. The van der Waals surface area contributed by atoms with Crippen molar-refractivity contribution in [1.29, 1.82) is 0 Å². The molecule has 0 N–H and O–H groups in total. The highest BCUT2D eigenvalue weighted by Crippen LogP contribution is 2.34. The largest absolute Gasteiger partial charge is 0.246 e. The summed E-state index contributed by atoms with van der Waals surface area (Å²) in [6.07, 6.45) is 6.97. The molecule has 1 aromatic heterocycles. The van der Waals surface area contributed by atoms with E-state index in [1.165, 1.54) is 42.8 Å². The fourth-order valence-corrected chi connectivity index (χ4v) is 3.26. The molecule has 2 heteroatoms. The summed E-state index contributed by atoms with van der Waals surface area (Å²) in [6.45, 7) is 4.44. The Hall–Kier alpha value is -0.370. The first kappa shape index (κ1) is 10.2. The van der Waals surface area contributed by atoms with E-state index in [0.717, 1.165) is 5.92 Å². The zero-order valence-electron chi connectivity index (χ0n) is 9.12. The second-order valence-corrected chi connectivity index (χ2v) is 5.49. The Balaban J connectivity index is 2.07. The van der Waals surface area contributed by atoms with Crippen molar-refractivity contribution in [3.8, 4) is 0 Å². The molecule has 1 aliphatic carbocycles. The van der Waals surface area contributed by atoms with Crippen molar-refractivity contribution in [2.24, 2.45) is 0 Å². The summed E-state index contributed by atoms with van der Waals surface area (Å²) in [5.74, 6) is 1.37. The summed E-state index contributed by atoms with van der Waals surface area (Å²) in [5.41, 5.74) is 1.29. The van der Waals surface area contributed by atoms with Crippen LogP contribution in [0.25, 0.3) is 0 Å². The zero-order chi connectivity index (χ0) is 9.97. The molecule has 2 rings (SSSR count). The van der Waals surface area contributed by atoms with E-state index in [2.05, 4.69) is 19.2 Å². The lowest BCUT2D eigenvalue weighted by molar-refractivity contribution is 0.441. The topological polar surface area (TPSA) is 12.9 Å². The molecule has 1 heterocycles. The van der Waals surface area contributed by atoms with Gasteiger partial charge in [0.15, 0.2) is 0 Å². The van der Waals surface area contributed by atoms with Crippen LogP contribution in [0.15, 0.2) is 5.38 Å². The molecule has 0 radical (unpaired) electrons. The highest BCUT2D eigenvalue weighted by molar-refractivity contribution is 7.09. The van der Waals surface area contributed by atoms with Crippen LogP contribution in [0.2, 0.25) is 0 Å². The average Bonchev–Trinajstić information content (AvgIpc) is 2.68. The van der Waals surface area contributed by atoms with Crippen molar-refractivity contribution in [1.82, 2.24) is 4.98 Å². The maximum Gasteiger partial charge on any atom is 0.0959 e. The van der Waals surface area contributed by atoms with Crippen molar-refractivity contribution in [3.63, 3.8) is 0 Å². The fourth-order valence-electron chi connectivity index (χ4n) is 2.10. The number of nitrogens with zero attached hydrogens (tertiary/aromatic N) is 1. The van der Waals surface area contributed by atoms with Gasteiger partial charge in [0.1, 0.15) is 0 Å². The van der Waals surface area contributed by atoms with Crippen LogP contribution in [0.5, 0.6) is 0 Å². The van der Waals surface area contributed by atoms with E-state index >= 15 is 0 Å². The Labute approximate surface area is 90.6 Å². The molecular formula is C12H19NS. The minimum Gasteiger partial charge on any atom is -0.246 e. The molecule has 0 aliphatic heterocycles. The molecule has 1 nitrogen and oxygen atoms in total. The minimum absolute atomic E-state index is 0.587. The second-order valence-electron chi connectivity index (χ2n) is 4.60. The third kappa shape index (κ3) is 2.17. The molecule has 0 atom stereocenters. The smallest absolute Gasteiger partial charge is 0.0959 e. The SMILES string of the molecule is CC(C)c1csc(C2CCCCC2)n1. The zero-order valence-corrected chi connectivity index (χ0v) is 9.94. The Kier molecular flexibility index (Phi) is 3.22. The maximum absolute atomic E-state index is 4.75. The van der Waals surface area contributed by atoms with Gasteiger partial charge in [0.2, 0.25) is 0 Å². The normalized spacial score (nSPS) is 19.1. The van der Waals surface area contributed by atoms with Gasteiger partial charge in [0.25, 0.3) is 0 Å². The van der Waals surface area contributed by atoms with E-state index in [1.54, 1.807) is 0 Å². The number of aromatic nitrogens is 1. The van der Waals surface area contributed by atoms with E-state index < -0.39 is 0 Å². The predicted molar refractivity (Wildman–Crippen MR) is 62.0 cm³/mol. The van der Waals surface area contributed by atoms with Crippen LogP contribution in [-0.2, 0) is 0 Å². The molecule has 78 valence electrons. The van der Waals surface area contributed by atoms with Crippen molar-refractivity contribution in [3.05, 3.63) is 16.1 Å². The summed E-state index contributed by atoms with van der Waals surface area (Å²) in [7, 11) is 0. The first-order valence-corrected chi connectivity index (χ1v) is 6.60. The number of hydrogen-bond acceptors (Lipinski definition) is 2. The molecule has 0 bridgehead atoms. The van der Waals surface area contributed by atoms with Crippen LogP contribution in [0.3, 0.4) is 0 Å². The van der Waals surface area contributed by atoms with Crippen LogP contribution >= 0.6 is 11.3 Å². The Morgan fingerprint density at radius 2 is 2.00 bits per heavy atom. The van der Waals surface area contributed by atoms with Gasteiger partial charge in [-0.1, -0.05) is 33.1 Å². The lowest BCUT2D eigenvalue weighted by atomic mass is 9.90. The van der Waals surface area contributed by atoms with Crippen LogP contribution in [0, 0.1) is 0 Å². The number of rotatable bonds is 2. The quantitative estimate of drug-likeness (QED) is 0.707. The molecule has 0 amide bonds. The Morgan fingerprint density at radius 3 is 2.57 bits per heavy atom. The van der Waals surface area contributed by atoms with Gasteiger partial charge >= 0.3 is 0 Å². The lowest BCUT2D eigenvalue weighted by Crippen LogP contribution is -2.04. The molecule has 1 saturated carbocycles. The van der Waals surface area contributed by atoms with Gasteiger partial charge in [-0.3, -0.25) is 0 Å². The molecule has 0 aromatic carbocycles. The Morgan fingerprint density at radius 1 is 1.29 bits per heavy atom. The summed E-state index contributed by atoms with van der Waals surface area (Å²) < 4.78 is 0. The average molecular weight is 209 g/mol. The molecule has 1 aromatic rings. The van der Waals surface area contributed by atoms with E-state index in [4.69, 9.17) is 4.98 Å². The lowest BCUT2D eigenvalue weighted by Gasteiger charge is -2.18.